The highest BCUT2D eigenvalue weighted by Gasteiger charge is 2.41. The molecule has 2 fully saturated rings. The molecular formula is C13H20N4. The second-order valence-electron chi connectivity index (χ2n) is 5.39. The van der Waals surface area contributed by atoms with Crippen LogP contribution in [0.3, 0.4) is 0 Å². The fourth-order valence-electron chi connectivity index (χ4n) is 3.11. The minimum absolute atomic E-state index is 0.610. The van der Waals surface area contributed by atoms with Crippen molar-refractivity contribution in [2.45, 2.75) is 44.8 Å². The summed E-state index contributed by atoms with van der Waals surface area (Å²) < 4.78 is 0. The summed E-state index contributed by atoms with van der Waals surface area (Å²) in [6, 6.07) is 3.75. The summed E-state index contributed by atoms with van der Waals surface area (Å²) in [6.45, 7) is 6.89. The Balaban J connectivity index is 1.82. The maximum Gasteiger partial charge on any atom is 0.225 e. The van der Waals surface area contributed by atoms with E-state index in [1.54, 1.807) is 0 Å². The molecule has 3 rings (SSSR count). The van der Waals surface area contributed by atoms with E-state index in [-0.39, 0.29) is 0 Å². The van der Waals surface area contributed by atoms with Gasteiger partial charge in [0.05, 0.1) is 0 Å². The first-order valence-electron chi connectivity index (χ1n) is 6.55. The number of hydrogen-bond donors (Lipinski definition) is 0. The molecule has 0 N–H and O–H groups in total. The van der Waals surface area contributed by atoms with Gasteiger partial charge in [0.25, 0.3) is 0 Å². The van der Waals surface area contributed by atoms with E-state index in [1.165, 1.54) is 12.8 Å². The van der Waals surface area contributed by atoms with Crippen molar-refractivity contribution in [3.63, 3.8) is 0 Å². The summed E-state index contributed by atoms with van der Waals surface area (Å²) in [5.74, 6) is 0.920. The van der Waals surface area contributed by atoms with E-state index < -0.39 is 0 Å². The lowest BCUT2D eigenvalue weighted by Gasteiger charge is -2.42. The molecule has 3 heterocycles. The molecule has 1 aromatic rings. The Bertz CT molecular complexity index is 364. The van der Waals surface area contributed by atoms with Gasteiger partial charge in [-0.3, -0.25) is 4.90 Å². The molecule has 2 bridgehead atoms. The third kappa shape index (κ3) is 1.90. The van der Waals surface area contributed by atoms with Gasteiger partial charge in [-0.25, -0.2) is 9.97 Å². The molecule has 0 spiro atoms. The number of nitrogens with zero attached hydrogens (tertiary/aromatic N) is 4. The zero-order chi connectivity index (χ0) is 11.8. The normalized spacial score (nSPS) is 29.0. The van der Waals surface area contributed by atoms with Gasteiger partial charge in [-0.15, -0.1) is 0 Å². The molecule has 2 saturated heterocycles. The first-order chi connectivity index (χ1) is 8.25. The molecule has 2 unspecified atom stereocenters. The van der Waals surface area contributed by atoms with Gasteiger partial charge >= 0.3 is 0 Å². The Kier molecular flexibility index (Phi) is 2.74. The molecule has 2 aliphatic heterocycles. The number of piperazine rings is 1. The van der Waals surface area contributed by atoms with Crippen LogP contribution in [0.5, 0.6) is 0 Å². The predicted octanol–water partition coefficient (Wildman–Crippen LogP) is 1.54. The van der Waals surface area contributed by atoms with Crippen LogP contribution in [-0.4, -0.2) is 46.1 Å². The molecule has 0 radical (unpaired) electrons. The summed E-state index contributed by atoms with van der Waals surface area (Å²) in [5.41, 5.74) is 0. The van der Waals surface area contributed by atoms with E-state index in [0.29, 0.717) is 18.1 Å². The number of anilines is 1. The van der Waals surface area contributed by atoms with Crippen LogP contribution in [0.2, 0.25) is 0 Å². The lowest BCUT2D eigenvalue weighted by Crippen LogP contribution is -2.56. The van der Waals surface area contributed by atoms with Gasteiger partial charge in [0.15, 0.2) is 0 Å². The van der Waals surface area contributed by atoms with Crippen molar-refractivity contribution in [3.05, 3.63) is 18.5 Å². The summed E-state index contributed by atoms with van der Waals surface area (Å²) >= 11 is 0. The molecule has 17 heavy (non-hydrogen) atoms. The Hall–Kier alpha value is -1.16. The standard InChI is InChI=1S/C13H20N4/c1-10(2)16-8-11-4-5-12(9-16)17(11)13-14-6-3-7-15-13/h3,6-7,10-12H,4-5,8-9H2,1-2H3. The van der Waals surface area contributed by atoms with E-state index in [2.05, 4.69) is 33.6 Å². The Morgan fingerprint density at radius 1 is 1.12 bits per heavy atom. The third-order valence-corrected chi connectivity index (χ3v) is 4.02. The second kappa shape index (κ2) is 4.26. The molecule has 1 aromatic heterocycles. The fraction of sp³-hybridized carbons (Fsp3) is 0.692. The fourth-order valence-corrected chi connectivity index (χ4v) is 3.11. The van der Waals surface area contributed by atoms with Crippen molar-refractivity contribution in [1.29, 1.82) is 0 Å². The van der Waals surface area contributed by atoms with Gasteiger partial charge in [-0.05, 0) is 32.8 Å². The van der Waals surface area contributed by atoms with Crippen LogP contribution in [0.4, 0.5) is 5.95 Å². The number of likely N-dealkylation sites (tertiary alicyclic amines) is 1. The van der Waals surface area contributed by atoms with Crippen LogP contribution in [0.1, 0.15) is 26.7 Å². The Labute approximate surface area is 103 Å². The summed E-state index contributed by atoms with van der Waals surface area (Å²) in [5, 5.41) is 0. The highest BCUT2D eigenvalue weighted by Crippen LogP contribution is 2.33. The van der Waals surface area contributed by atoms with Crippen molar-refractivity contribution >= 4 is 5.95 Å². The minimum atomic E-state index is 0.610. The van der Waals surface area contributed by atoms with E-state index >= 15 is 0 Å². The molecule has 92 valence electrons. The SMILES string of the molecule is CC(C)N1CC2CCC(C1)N2c1ncccn1. The number of hydrogen-bond acceptors (Lipinski definition) is 4. The number of fused-ring (bicyclic) bond motifs is 2. The highest BCUT2D eigenvalue weighted by atomic mass is 15.4. The van der Waals surface area contributed by atoms with Crippen LogP contribution >= 0.6 is 0 Å². The van der Waals surface area contributed by atoms with E-state index in [0.717, 1.165) is 19.0 Å². The van der Waals surface area contributed by atoms with E-state index in [4.69, 9.17) is 0 Å². The monoisotopic (exact) mass is 232 g/mol. The Morgan fingerprint density at radius 3 is 2.24 bits per heavy atom. The predicted molar refractivity (Wildman–Crippen MR) is 68.0 cm³/mol. The average Bonchev–Trinajstić information content (AvgIpc) is 2.60. The highest BCUT2D eigenvalue weighted by molar-refractivity contribution is 5.37. The third-order valence-electron chi connectivity index (χ3n) is 4.02. The molecular weight excluding hydrogens is 212 g/mol. The van der Waals surface area contributed by atoms with Crippen molar-refractivity contribution < 1.29 is 0 Å². The number of rotatable bonds is 2. The zero-order valence-corrected chi connectivity index (χ0v) is 10.6. The quantitative estimate of drug-likeness (QED) is 0.774. The summed E-state index contributed by atoms with van der Waals surface area (Å²) in [6.07, 6.45) is 6.26. The zero-order valence-electron chi connectivity index (χ0n) is 10.6. The minimum Gasteiger partial charge on any atom is -0.332 e. The van der Waals surface area contributed by atoms with Crippen LogP contribution in [0.15, 0.2) is 18.5 Å². The van der Waals surface area contributed by atoms with Crippen molar-refractivity contribution in [3.8, 4) is 0 Å². The van der Waals surface area contributed by atoms with Gasteiger partial charge in [0.2, 0.25) is 5.95 Å². The van der Waals surface area contributed by atoms with Gasteiger partial charge in [-0.2, -0.15) is 0 Å². The largest absolute Gasteiger partial charge is 0.332 e. The van der Waals surface area contributed by atoms with Crippen LogP contribution in [0, 0.1) is 0 Å². The van der Waals surface area contributed by atoms with Crippen LogP contribution in [-0.2, 0) is 0 Å². The first kappa shape index (κ1) is 11.0. The van der Waals surface area contributed by atoms with Crippen molar-refractivity contribution in [2.24, 2.45) is 0 Å². The van der Waals surface area contributed by atoms with E-state index in [9.17, 15) is 0 Å². The van der Waals surface area contributed by atoms with Crippen LogP contribution < -0.4 is 4.90 Å². The molecule has 4 heteroatoms. The average molecular weight is 232 g/mol. The molecule has 0 amide bonds. The lowest BCUT2D eigenvalue weighted by atomic mass is 10.1. The van der Waals surface area contributed by atoms with Gasteiger partial charge in [0, 0.05) is 43.6 Å². The second-order valence-corrected chi connectivity index (χ2v) is 5.39. The smallest absolute Gasteiger partial charge is 0.225 e. The maximum absolute atomic E-state index is 4.41. The molecule has 0 aliphatic carbocycles. The molecule has 2 atom stereocenters. The van der Waals surface area contributed by atoms with Crippen molar-refractivity contribution in [2.75, 3.05) is 18.0 Å². The van der Waals surface area contributed by atoms with E-state index in [1.807, 2.05) is 18.5 Å². The topological polar surface area (TPSA) is 32.3 Å². The summed E-state index contributed by atoms with van der Waals surface area (Å²) in [4.78, 5) is 13.8. The van der Waals surface area contributed by atoms with Gasteiger partial charge in [0.1, 0.15) is 0 Å². The lowest BCUT2D eigenvalue weighted by molar-refractivity contribution is 0.176. The maximum atomic E-state index is 4.41. The number of aromatic nitrogens is 2. The van der Waals surface area contributed by atoms with Crippen LogP contribution in [0.25, 0.3) is 0 Å². The van der Waals surface area contributed by atoms with Crippen molar-refractivity contribution in [1.82, 2.24) is 14.9 Å². The molecule has 2 aliphatic rings. The van der Waals surface area contributed by atoms with Gasteiger partial charge < -0.3 is 4.90 Å². The van der Waals surface area contributed by atoms with Gasteiger partial charge in [-0.1, -0.05) is 0 Å². The molecule has 0 saturated carbocycles. The Morgan fingerprint density at radius 2 is 1.71 bits per heavy atom. The molecule has 4 nitrogen and oxygen atoms in total. The summed E-state index contributed by atoms with van der Waals surface area (Å²) in [7, 11) is 0. The first-order valence-corrected chi connectivity index (χ1v) is 6.55. The molecule has 0 aromatic carbocycles.